The Bertz CT molecular complexity index is 728. The second kappa shape index (κ2) is 6.11. The van der Waals surface area contributed by atoms with Crippen LogP contribution in [0.25, 0.3) is 11.2 Å². The summed E-state index contributed by atoms with van der Waals surface area (Å²) in [5.41, 5.74) is 8.81. The van der Waals surface area contributed by atoms with Gasteiger partial charge in [-0.15, -0.1) is 11.8 Å². The van der Waals surface area contributed by atoms with Crippen molar-refractivity contribution in [2.75, 3.05) is 12.9 Å². The largest absolute Gasteiger partial charge is 0.497 e. The molecule has 2 heterocycles. The van der Waals surface area contributed by atoms with Crippen molar-refractivity contribution >= 4 is 22.9 Å². The molecule has 3 N–H and O–H groups in total. The highest BCUT2D eigenvalue weighted by atomic mass is 32.2. The molecule has 0 radical (unpaired) electrons. The first-order valence-corrected chi connectivity index (χ1v) is 7.43. The van der Waals surface area contributed by atoms with Crippen LogP contribution >= 0.6 is 11.8 Å². The lowest BCUT2D eigenvalue weighted by atomic mass is 10.1. The number of rotatable bonds is 5. The number of fused-ring (bicyclic) bond motifs is 1. The van der Waals surface area contributed by atoms with Crippen LogP contribution in [0.15, 0.2) is 41.9 Å². The molecule has 21 heavy (non-hydrogen) atoms. The lowest BCUT2D eigenvalue weighted by molar-refractivity contribution is 0.414. The highest BCUT2D eigenvalue weighted by Gasteiger charge is 2.11. The van der Waals surface area contributed by atoms with Gasteiger partial charge in [0.2, 0.25) is 0 Å². The monoisotopic (exact) mass is 301 g/mol. The molecule has 0 aliphatic carbocycles. The van der Waals surface area contributed by atoms with E-state index in [0.29, 0.717) is 5.65 Å². The molecule has 1 atom stereocenters. The standard InChI is InChI=1S/C14H15N5OS/c1-20-10-4-2-9(3-5-10)11(15)6-21-14-12-13(17-7-16-12)18-8-19-14/h2-5,7-8,11H,6,15H2,1H3,(H,16,17,18,19). The Hall–Kier alpha value is -2.12. The minimum atomic E-state index is -0.0751. The van der Waals surface area contributed by atoms with Crippen LogP contribution in [-0.4, -0.2) is 32.8 Å². The average Bonchev–Trinajstić information content (AvgIpc) is 3.02. The first kappa shape index (κ1) is 13.8. The predicted molar refractivity (Wildman–Crippen MR) is 82.3 cm³/mol. The van der Waals surface area contributed by atoms with E-state index in [0.717, 1.165) is 27.6 Å². The number of imidazole rings is 1. The summed E-state index contributed by atoms with van der Waals surface area (Å²) in [6, 6.07) is 7.72. The van der Waals surface area contributed by atoms with E-state index in [4.69, 9.17) is 10.5 Å². The van der Waals surface area contributed by atoms with Gasteiger partial charge in [-0.05, 0) is 17.7 Å². The number of methoxy groups -OCH3 is 1. The van der Waals surface area contributed by atoms with Gasteiger partial charge in [-0.2, -0.15) is 0 Å². The van der Waals surface area contributed by atoms with Gasteiger partial charge in [0.25, 0.3) is 0 Å². The van der Waals surface area contributed by atoms with Crippen LogP contribution in [0.3, 0.4) is 0 Å². The summed E-state index contributed by atoms with van der Waals surface area (Å²) in [5.74, 6) is 1.55. The molecule has 0 amide bonds. The summed E-state index contributed by atoms with van der Waals surface area (Å²) in [7, 11) is 1.65. The summed E-state index contributed by atoms with van der Waals surface area (Å²) in [5, 5.41) is 0.862. The van der Waals surface area contributed by atoms with Crippen molar-refractivity contribution in [3.8, 4) is 5.75 Å². The Labute approximate surface area is 126 Å². The maximum atomic E-state index is 6.22. The van der Waals surface area contributed by atoms with Crippen LogP contribution in [-0.2, 0) is 0 Å². The fourth-order valence-electron chi connectivity index (χ4n) is 1.97. The Morgan fingerprint density at radius 3 is 2.81 bits per heavy atom. The fraction of sp³-hybridized carbons (Fsp3) is 0.214. The number of H-pyrrole nitrogens is 1. The summed E-state index contributed by atoms with van der Waals surface area (Å²) in [6.07, 6.45) is 3.14. The van der Waals surface area contributed by atoms with Crippen molar-refractivity contribution in [1.82, 2.24) is 19.9 Å². The van der Waals surface area contributed by atoms with Crippen molar-refractivity contribution in [3.63, 3.8) is 0 Å². The molecule has 0 saturated carbocycles. The van der Waals surface area contributed by atoms with E-state index in [1.165, 1.54) is 6.33 Å². The van der Waals surface area contributed by atoms with Gasteiger partial charge in [-0.3, -0.25) is 0 Å². The van der Waals surface area contributed by atoms with E-state index in [-0.39, 0.29) is 6.04 Å². The van der Waals surface area contributed by atoms with Gasteiger partial charge in [0, 0.05) is 11.8 Å². The molecule has 0 spiro atoms. The molecule has 3 aromatic rings. The lowest BCUT2D eigenvalue weighted by Gasteiger charge is -2.12. The predicted octanol–water partition coefficient (Wildman–Crippen LogP) is 2.15. The molecule has 1 unspecified atom stereocenters. The number of nitrogens with zero attached hydrogens (tertiary/aromatic N) is 3. The Kier molecular flexibility index (Phi) is 4.03. The summed E-state index contributed by atoms with van der Waals surface area (Å²) in [6.45, 7) is 0. The zero-order chi connectivity index (χ0) is 14.7. The van der Waals surface area contributed by atoms with Gasteiger partial charge in [0.1, 0.15) is 22.6 Å². The summed E-state index contributed by atoms with van der Waals surface area (Å²) >= 11 is 1.59. The minimum Gasteiger partial charge on any atom is -0.497 e. The van der Waals surface area contributed by atoms with Crippen LogP contribution in [0.2, 0.25) is 0 Å². The normalized spacial score (nSPS) is 12.5. The first-order chi connectivity index (χ1) is 10.3. The Balaban J connectivity index is 1.70. The number of nitrogens with one attached hydrogen (secondary N) is 1. The first-order valence-electron chi connectivity index (χ1n) is 6.44. The molecule has 7 heteroatoms. The number of hydrogen-bond donors (Lipinski definition) is 2. The van der Waals surface area contributed by atoms with Gasteiger partial charge < -0.3 is 15.5 Å². The van der Waals surface area contributed by atoms with E-state index in [2.05, 4.69) is 19.9 Å². The number of thioether (sulfide) groups is 1. The molecule has 0 saturated heterocycles. The topological polar surface area (TPSA) is 89.7 Å². The molecule has 6 nitrogen and oxygen atoms in total. The number of hydrogen-bond acceptors (Lipinski definition) is 6. The highest BCUT2D eigenvalue weighted by molar-refractivity contribution is 7.99. The molecule has 108 valence electrons. The van der Waals surface area contributed by atoms with Gasteiger partial charge in [-0.1, -0.05) is 12.1 Å². The molecule has 3 rings (SSSR count). The number of aromatic nitrogens is 4. The van der Waals surface area contributed by atoms with E-state index in [9.17, 15) is 0 Å². The second-order valence-corrected chi connectivity index (χ2v) is 5.48. The summed E-state index contributed by atoms with van der Waals surface area (Å²) < 4.78 is 5.14. The van der Waals surface area contributed by atoms with Crippen LogP contribution in [0.4, 0.5) is 0 Å². The van der Waals surface area contributed by atoms with Crippen molar-refractivity contribution in [1.29, 1.82) is 0 Å². The molecule has 0 bridgehead atoms. The average molecular weight is 301 g/mol. The quantitative estimate of drug-likeness (QED) is 0.554. The van der Waals surface area contributed by atoms with Crippen LogP contribution in [0, 0.1) is 0 Å². The molecule has 0 aliphatic rings. The summed E-state index contributed by atoms with van der Waals surface area (Å²) in [4.78, 5) is 15.5. The van der Waals surface area contributed by atoms with Gasteiger partial charge >= 0.3 is 0 Å². The van der Waals surface area contributed by atoms with Crippen LogP contribution < -0.4 is 10.5 Å². The number of aromatic amines is 1. The molecular formula is C14H15N5OS. The molecule has 0 aliphatic heterocycles. The zero-order valence-electron chi connectivity index (χ0n) is 11.5. The molecule has 1 aromatic carbocycles. The number of ether oxygens (including phenoxy) is 1. The van der Waals surface area contributed by atoms with Gasteiger partial charge in [0.05, 0.1) is 13.4 Å². The second-order valence-electron chi connectivity index (χ2n) is 4.47. The SMILES string of the molecule is COc1ccc(C(N)CSc2ncnc3nc[nH]c23)cc1. The van der Waals surface area contributed by atoms with E-state index in [1.807, 2.05) is 24.3 Å². The van der Waals surface area contributed by atoms with E-state index in [1.54, 1.807) is 25.2 Å². The minimum absolute atomic E-state index is 0.0751. The fourth-order valence-corrected chi connectivity index (χ4v) is 2.91. The Morgan fingerprint density at radius 1 is 1.24 bits per heavy atom. The van der Waals surface area contributed by atoms with Crippen LogP contribution in [0.1, 0.15) is 11.6 Å². The van der Waals surface area contributed by atoms with Gasteiger partial charge in [-0.25, -0.2) is 15.0 Å². The lowest BCUT2D eigenvalue weighted by Crippen LogP contribution is -2.13. The van der Waals surface area contributed by atoms with Gasteiger partial charge in [0.15, 0.2) is 5.65 Å². The smallest absolute Gasteiger partial charge is 0.181 e. The molecular weight excluding hydrogens is 286 g/mol. The van der Waals surface area contributed by atoms with Crippen molar-refractivity contribution in [2.45, 2.75) is 11.1 Å². The van der Waals surface area contributed by atoms with E-state index >= 15 is 0 Å². The number of benzene rings is 1. The Morgan fingerprint density at radius 2 is 2.05 bits per heavy atom. The maximum absolute atomic E-state index is 6.22. The maximum Gasteiger partial charge on any atom is 0.181 e. The third kappa shape index (κ3) is 2.98. The number of nitrogens with two attached hydrogens (primary N) is 1. The van der Waals surface area contributed by atoms with Crippen molar-refractivity contribution < 1.29 is 4.74 Å². The zero-order valence-corrected chi connectivity index (χ0v) is 12.3. The highest BCUT2D eigenvalue weighted by Crippen LogP contribution is 2.26. The van der Waals surface area contributed by atoms with Crippen LogP contribution in [0.5, 0.6) is 5.75 Å². The van der Waals surface area contributed by atoms with Crippen molar-refractivity contribution in [3.05, 3.63) is 42.5 Å². The molecule has 2 aromatic heterocycles. The molecule has 0 fully saturated rings. The van der Waals surface area contributed by atoms with Crippen molar-refractivity contribution in [2.24, 2.45) is 5.73 Å². The third-order valence-electron chi connectivity index (χ3n) is 3.13. The van der Waals surface area contributed by atoms with E-state index < -0.39 is 0 Å². The third-order valence-corrected chi connectivity index (χ3v) is 4.24.